The van der Waals surface area contributed by atoms with Crippen molar-refractivity contribution in [2.24, 2.45) is 0 Å². The van der Waals surface area contributed by atoms with Crippen molar-refractivity contribution in [3.63, 3.8) is 0 Å². The Morgan fingerprint density at radius 3 is 2.82 bits per heavy atom. The third-order valence-electron chi connectivity index (χ3n) is 3.32. The zero-order valence-corrected chi connectivity index (χ0v) is 15.8. The van der Waals surface area contributed by atoms with Gasteiger partial charge in [-0.25, -0.2) is 0 Å². The molecule has 0 aromatic carbocycles. The number of rotatable bonds is 5. The molecule has 2 aromatic rings. The van der Waals surface area contributed by atoms with E-state index in [0.29, 0.717) is 15.8 Å². The second-order valence-electron chi connectivity index (χ2n) is 5.58. The standard InChI is InChI=1S/C13H13BrClN3O2S2/c1-13(2,10(19)20)22-12-17-16-11(14)18(12)8-5-7(15)9(21-8)6-3-4-6/h5-6H,3-4H2,1-2H3,(H,19,20). The normalized spacial score (nSPS) is 15.3. The summed E-state index contributed by atoms with van der Waals surface area (Å²) in [5, 5.41) is 19.6. The second-order valence-corrected chi connectivity index (χ2v) is 9.34. The van der Waals surface area contributed by atoms with Gasteiger partial charge in [0.2, 0.25) is 4.73 Å². The molecule has 0 atom stereocenters. The summed E-state index contributed by atoms with van der Waals surface area (Å²) >= 11 is 12.5. The predicted molar refractivity (Wildman–Crippen MR) is 91.5 cm³/mol. The van der Waals surface area contributed by atoms with Crippen molar-refractivity contribution in [1.29, 1.82) is 0 Å². The lowest BCUT2D eigenvalue weighted by Crippen LogP contribution is -2.27. The van der Waals surface area contributed by atoms with Crippen LogP contribution in [-0.2, 0) is 4.79 Å². The number of hydrogen-bond donors (Lipinski definition) is 1. The zero-order chi connectivity index (χ0) is 16.1. The number of halogens is 2. The van der Waals surface area contributed by atoms with Gasteiger partial charge in [-0.3, -0.25) is 9.36 Å². The fraction of sp³-hybridized carbons (Fsp3) is 0.462. The van der Waals surface area contributed by atoms with E-state index in [9.17, 15) is 9.90 Å². The highest BCUT2D eigenvalue weighted by molar-refractivity contribution is 9.10. The number of carboxylic acids is 1. The summed E-state index contributed by atoms with van der Waals surface area (Å²) in [5.74, 6) is -0.334. The highest BCUT2D eigenvalue weighted by Crippen LogP contribution is 2.48. The van der Waals surface area contributed by atoms with Crippen LogP contribution in [0.2, 0.25) is 5.02 Å². The highest BCUT2D eigenvalue weighted by atomic mass is 79.9. The van der Waals surface area contributed by atoms with E-state index in [0.717, 1.165) is 21.8 Å². The maximum atomic E-state index is 11.3. The van der Waals surface area contributed by atoms with Crippen LogP contribution in [-0.4, -0.2) is 30.6 Å². The molecule has 0 unspecified atom stereocenters. The molecule has 0 radical (unpaired) electrons. The topological polar surface area (TPSA) is 68.0 Å². The fourth-order valence-electron chi connectivity index (χ4n) is 1.88. The number of thiophene rings is 1. The van der Waals surface area contributed by atoms with Gasteiger partial charge in [0.1, 0.15) is 9.75 Å². The average Bonchev–Trinajstić information content (AvgIpc) is 3.11. The average molecular weight is 423 g/mol. The van der Waals surface area contributed by atoms with Crippen molar-refractivity contribution < 1.29 is 9.90 Å². The Bertz CT molecular complexity index is 740. The van der Waals surface area contributed by atoms with Gasteiger partial charge in [-0.1, -0.05) is 23.4 Å². The molecule has 0 spiro atoms. The van der Waals surface area contributed by atoms with Crippen LogP contribution in [0.15, 0.2) is 16.0 Å². The maximum Gasteiger partial charge on any atom is 0.319 e. The Hall–Kier alpha value is -0.570. The molecule has 22 heavy (non-hydrogen) atoms. The van der Waals surface area contributed by atoms with E-state index in [1.54, 1.807) is 29.8 Å². The highest BCUT2D eigenvalue weighted by Gasteiger charge is 2.33. The fourth-order valence-corrected chi connectivity index (χ4v) is 5.18. The number of carbonyl (C=O) groups is 1. The molecule has 9 heteroatoms. The lowest BCUT2D eigenvalue weighted by molar-refractivity contribution is -0.138. The third kappa shape index (κ3) is 3.06. The van der Waals surface area contributed by atoms with Crippen LogP contribution in [0.3, 0.4) is 0 Å². The Morgan fingerprint density at radius 1 is 1.55 bits per heavy atom. The predicted octanol–water partition coefficient (Wildman–Crippen LogP) is 4.58. The molecule has 1 fully saturated rings. The largest absolute Gasteiger partial charge is 0.480 e. The molecule has 1 N–H and O–H groups in total. The van der Waals surface area contributed by atoms with Crippen molar-refractivity contribution in [2.75, 3.05) is 0 Å². The van der Waals surface area contributed by atoms with E-state index in [-0.39, 0.29) is 0 Å². The van der Waals surface area contributed by atoms with Gasteiger partial charge < -0.3 is 5.11 Å². The number of thioether (sulfide) groups is 1. The molecule has 118 valence electrons. The molecule has 2 heterocycles. The van der Waals surface area contributed by atoms with E-state index in [2.05, 4.69) is 26.1 Å². The molecule has 1 aliphatic carbocycles. The zero-order valence-electron chi connectivity index (χ0n) is 11.8. The van der Waals surface area contributed by atoms with Gasteiger partial charge in [-0.2, -0.15) is 0 Å². The number of aliphatic carboxylic acids is 1. The number of aromatic nitrogens is 3. The van der Waals surface area contributed by atoms with Crippen LogP contribution >= 0.6 is 50.6 Å². The molecule has 0 bridgehead atoms. The molecule has 3 rings (SSSR count). The van der Waals surface area contributed by atoms with Gasteiger partial charge >= 0.3 is 5.97 Å². The van der Waals surface area contributed by atoms with Gasteiger partial charge in [0, 0.05) is 4.88 Å². The molecular weight excluding hydrogens is 410 g/mol. The number of carboxylic acid groups (broad SMARTS) is 1. The number of hydrogen-bond acceptors (Lipinski definition) is 5. The van der Waals surface area contributed by atoms with Crippen molar-refractivity contribution in [3.05, 3.63) is 20.7 Å². The van der Waals surface area contributed by atoms with Gasteiger partial charge in [0.05, 0.1) is 5.02 Å². The van der Waals surface area contributed by atoms with Crippen molar-refractivity contribution in [2.45, 2.75) is 42.5 Å². The van der Waals surface area contributed by atoms with Crippen LogP contribution in [0.25, 0.3) is 5.00 Å². The Balaban J connectivity index is 1.99. The summed E-state index contributed by atoms with van der Waals surface area (Å²) in [6.07, 6.45) is 2.35. The van der Waals surface area contributed by atoms with E-state index in [1.807, 2.05) is 6.07 Å². The van der Waals surface area contributed by atoms with E-state index in [4.69, 9.17) is 11.6 Å². The Morgan fingerprint density at radius 2 is 2.23 bits per heavy atom. The van der Waals surface area contributed by atoms with Crippen LogP contribution in [0, 0.1) is 0 Å². The van der Waals surface area contributed by atoms with Crippen LogP contribution in [0.1, 0.15) is 37.5 Å². The first-order chi connectivity index (χ1) is 10.3. The first-order valence-corrected chi connectivity index (χ1v) is 9.43. The third-order valence-corrected chi connectivity index (χ3v) is 6.68. The smallest absolute Gasteiger partial charge is 0.319 e. The molecule has 0 aliphatic heterocycles. The lowest BCUT2D eigenvalue weighted by atomic mass is 10.2. The summed E-state index contributed by atoms with van der Waals surface area (Å²) in [6.45, 7) is 3.29. The van der Waals surface area contributed by atoms with Crippen molar-refractivity contribution >= 4 is 56.6 Å². The minimum Gasteiger partial charge on any atom is -0.480 e. The van der Waals surface area contributed by atoms with Gasteiger partial charge in [-0.05, 0) is 54.6 Å². The molecule has 0 amide bonds. The Kier molecular flexibility index (Phi) is 4.30. The molecular formula is C13H13BrClN3O2S2. The summed E-state index contributed by atoms with van der Waals surface area (Å²) in [5.41, 5.74) is 0. The number of nitrogens with zero attached hydrogens (tertiary/aromatic N) is 3. The molecule has 0 saturated heterocycles. The van der Waals surface area contributed by atoms with Crippen LogP contribution in [0.5, 0.6) is 0 Å². The minimum absolute atomic E-state index is 0.527. The van der Waals surface area contributed by atoms with Crippen molar-refractivity contribution in [3.8, 4) is 5.00 Å². The molecule has 1 aliphatic rings. The first kappa shape index (κ1) is 16.3. The van der Waals surface area contributed by atoms with Crippen molar-refractivity contribution in [1.82, 2.24) is 14.8 Å². The molecule has 2 aromatic heterocycles. The van der Waals surface area contributed by atoms with E-state index in [1.165, 1.54) is 17.7 Å². The van der Waals surface area contributed by atoms with Crippen LogP contribution in [0.4, 0.5) is 0 Å². The molecule has 1 saturated carbocycles. The second kappa shape index (κ2) is 5.81. The molecule has 5 nitrogen and oxygen atoms in total. The monoisotopic (exact) mass is 421 g/mol. The summed E-state index contributed by atoms with van der Waals surface area (Å²) in [4.78, 5) is 12.5. The lowest BCUT2D eigenvalue weighted by Gasteiger charge is -2.17. The summed E-state index contributed by atoms with van der Waals surface area (Å²) < 4.78 is 1.35. The minimum atomic E-state index is -0.995. The van der Waals surface area contributed by atoms with E-state index >= 15 is 0 Å². The van der Waals surface area contributed by atoms with Gasteiger partial charge in [0.15, 0.2) is 5.16 Å². The summed E-state index contributed by atoms with van der Waals surface area (Å²) in [6, 6.07) is 1.89. The maximum absolute atomic E-state index is 11.3. The quantitative estimate of drug-likeness (QED) is 0.714. The van der Waals surface area contributed by atoms with E-state index < -0.39 is 10.7 Å². The Labute approximate surface area is 149 Å². The van der Waals surface area contributed by atoms with Gasteiger partial charge in [-0.15, -0.1) is 21.5 Å². The summed E-state index contributed by atoms with van der Waals surface area (Å²) in [7, 11) is 0. The first-order valence-electron chi connectivity index (χ1n) is 6.62. The van der Waals surface area contributed by atoms with Crippen LogP contribution < -0.4 is 0 Å². The SMILES string of the molecule is CC(C)(Sc1nnc(Br)n1-c1cc(Cl)c(C2CC2)s1)C(=O)O. The van der Waals surface area contributed by atoms with Gasteiger partial charge in [0.25, 0.3) is 0 Å².